The maximum absolute atomic E-state index is 13.3. The lowest BCUT2D eigenvalue weighted by atomic mass is 10.0. The molecule has 0 aliphatic heterocycles. The van der Waals surface area contributed by atoms with Crippen LogP contribution in [0.3, 0.4) is 0 Å². The summed E-state index contributed by atoms with van der Waals surface area (Å²) in [6.45, 7) is 9.96. The maximum Gasteiger partial charge on any atom is 0.242 e. The van der Waals surface area contributed by atoms with E-state index >= 15 is 0 Å². The average Bonchev–Trinajstić information content (AvgIpc) is 2.88. The van der Waals surface area contributed by atoms with Crippen LogP contribution < -0.4 is 20.7 Å². The second kappa shape index (κ2) is 13.9. The first-order valence-electron chi connectivity index (χ1n) is 13.0. The number of amides is 2. The number of carbonyl (C=O) groups is 2. The summed E-state index contributed by atoms with van der Waals surface area (Å²) in [4.78, 5) is 26.8. The van der Waals surface area contributed by atoms with Gasteiger partial charge < -0.3 is 20.5 Å². The Kier molecular flexibility index (Phi) is 10.9. The molecule has 0 heterocycles. The molecule has 3 rings (SSSR count). The van der Waals surface area contributed by atoms with Crippen molar-refractivity contribution in [1.29, 1.82) is 0 Å². The minimum Gasteiger partial charge on any atom is -0.593 e. The van der Waals surface area contributed by atoms with E-state index in [2.05, 4.69) is 38.9 Å². The predicted molar refractivity (Wildman–Crippen MR) is 163 cm³/mol. The lowest BCUT2D eigenvalue weighted by molar-refractivity contribution is -0.124. The summed E-state index contributed by atoms with van der Waals surface area (Å²) >= 11 is 3.94. The van der Waals surface area contributed by atoms with Gasteiger partial charge in [-0.15, -0.1) is 4.72 Å². The Morgan fingerprint density at radius 3 is 2.36 bits per heavy atom. The number of hydrogen-bond donors (Lipinski definition) is 4. The molecule has 0 aliphatic rings. The van der Waals surface area contributed by atoms with Crippen molar-refractivity contribution >= 4 is 51.2 Å². The average molecular weight is 567 g/mol. The van der Waals surface area contributed by atoms with E-state index in [9.17, 15) is 14.1 Å². The van der Waals surface area contributed by atoms with Gasteiger partial charge in [-0.3, -0.25) is 9.59 Å². The molecule has 7 nitrogen and oxygen atoms in total. The molecule has 4 N–H and O–H groups in total. The second-order valence-electron chi connectivity index (χ2n) is 10.7. The third kappa shape index (κ3) is 9.61. The van der Waals surface area contributed by atoms with Gasteiger partial charge in [-0.2, -0.15) is 0 Å². The Labute approximate surface area is 239 Å². The normalized spacial score (nSPS) is 13.8. The molecule has 3 atom stereocenters. The van der Waals surface area contributed by atoms with E-state index in [1.807, 2.05) is 64.1 Å². The molecule has 0 aromatic heterocycles. The van der Waals surface area contributed by atoms with Gasteiger partial charge in [0.05, 0.1) is 22.4 Å². The van der Waals surface area contributed by atoms with Crippen molar-refractivity contribution in [3.63, 3.8) is 0 Å². The van der Waals surface area contributed by atoms with Crippen LogP contribution >= 0.6 is 12.2 Å². The van der Waals surface area contributed by atoms with Crippen LogP contribution in [0.2, 0.25) is 0 Å². The van der Waals surface area contributed by atoms with Gasteiger partial charge in [0.15, 0.2) is 4.90 Å². The highest BCUT2D eigenvalue weighted by Crippen LogP contribution is 2.18. The van der Waals surface area contributed by atoms with Gasteiger partial charge in [-0.1, -0.05) is 72.4 Å². The molecule has 39 heavy (non-hydrogen) atoms. The summed E-state index contributed by atoms with van der Waals surface area (Å²) in [6.07, 6.45) is 0.278. The van der Waals surface area contributed by atoms with Crippen LogP contribution in [0.25, 0.3) is 10.8 Å². The van der Waals surface area contributed by atoms with E-state index < -0.39 is 23.4 Å². The zero-order valence-electron chi connectivity index (χ0n) is 23.2. The molecule has 0 saturated heterocycles. The maximum atomic E-state index is 13.3. The van der Waals surface area contributed by atoms with Gasteiger partial charge in [0.2, 0.25) is 11.8 Å². The van der Waals surface area contributed by atoms with Crippen molar-refractivity contribution in [3.8, 4) is 0 Å². The molecule has 0 saturated carbocycles. The number of thiocarbonyl (C=S) groups is 1. The summed E-state index contributed by atoms with van der Waals surface area (Å²) in [6, 6.07) is 20.2. The van der Waals surface area contributed by atoms with Crippen LogP contribution in [0.1, 0.15) is 51.7 Å². The molecule has 2 amide bonds. The highest BCUT2D eigenvalue weighted by Gasteiger charge is 2.28. The minimum absolute atomic E-state index is 0.103. The van der Waals surface area contributed by atoms with E-state index in [4.69, 9.17) is 12.2 Å². The predicted octanol–water partition coefficient (Wildman–Crippen LogP) is 4.45. The molecular weight excluding hydrogens is 528 g/mol. The lowest BCUT2D eigenvalue weighted by Crippen LogP contribution is -2.52. The summed E-state index contributed by atoms with van der Waals surface area (Å²) < 4.78 is 15.9. The lowest BCUT2D eigenvalue weighted by Gasteiger charge is -2.24. The number of rotatable bonds is 11. The molecule has 3 aromatic rings. The molecule has 1 unspecified atom stereocenters. The van der Waals surface area contributed by atoms with Gasteiger partial charge in [0.1, 0.15) is 6.04 Å². The van der Waals surface area contributed by atoms with E-state index in [0.717, 1.165) is 21.9 Å². The van der Waals surface area contributed by atoms with Gasteiger partial charge in [-0.25, -0.2) is 0 Å². The number of carbonyl (C=O) groups excluding carboxylic acids is 2. The van der Waals surface area contributed by atoms with E-state index in [1.54, 1.807) is 19.1 Å². The molecule has 0 bridgehead atoms. The summed E-state index contributed by atoms with van der Waals surface area (Å²) in [5.41, 5.74) is 1.76. The van der Waals surface area contributed by atoms with Crippen LogP contribution in [-0.4, -0.2) is 39.0 Å². The van der Waals surface area contributed by atoms with Crippen molar-refractivity contribution in [1.82, 2.24) is 20.7 Å². The monoisotopic (exact) mass is 566 g/mol. The fourth-order valence-electron chi connectivity index (χ4n) is 4.02. The zero-order chi connectivity index (χ0) is 28.6. The van der Waals surface area contributed by atoms with Gasteiger partial charge in [-0.05, 0) is 69.5 Å². The zero-order valence-corrected chi connectivity index (χ0v) is 24.8. The Morgan fingerprint density at radius 2 is 1.67 bits per heavy atom. The fraction of sp³-hybridized carbons (Fsp3) is 0.367. The van der Waals surface area contributed by atoms with Crippen molar-refractivity contribution < 1.29 is 14.1 Å². The van der Waals surface area contributed by atoms with Gasteiger partial charge in [0.25, 0.3) is 0 Å². The molecule has 208 valence electrons. The van der Waals surface area contributed by atoms with E-state index in [-0.39, 0.29) is 30.2 Å². The standard InChI is InChI=1S/C30H38N4O3S2/c1-20-13-15-24(16-14-20)39(37)34-26(17-18-27(35)33-30(3,4)5)28(36)32-21(2)29(38)31-19-23-11-8-10-22-9-6-7-12-25(22)23/h6-16,21,26,34H,17-19H2,1-5H3,(H,31,38)(H,32,36)(H,33,35)/t21-,26-,39?/m0/s1. The number of nitrogens with one attached hydrogen (secondary N) is 4. The SMILES string of the molecule is Cc1ccc([S+]([O-])N[C@@H](CCC(=O)NC(C)(C)C)C(=O)N[C@@H](C)C(=S)NCc2cccc3ccccc23)cc1. The molecule has 3 aromatic carbocycles. The summed E-state index contributed by atoms with van der Waals surface area (Å²) in [7, 11) is 0. The largest absolute Gasteiger partial charge is 0.593 e. The number of aryl methyl sites for hydroxylation is 1. The van der Waals surface area contributed by atoms with Crippen molar-refractivity contribution in [3.05, 3.63) is 77.9 Å². The third-order valence-corrected chi connectivity index (χ3v) is 7.76. The van der Waals surface area contributed by atoms with Crippen molar-refractivity contribution in [2.75, 3.05) is 0 Å². The number of benzene rings is 3. The third-order valence-electron chi connectivity index (χ3n) is 6.06. The molecule has 0 spiro atoms. The van der Waals surface area contributed by atoms with E-state index in [0.29, 0.717) is 16.4 Å². The van der Waals surface area contributed by atoms with Crippen LogP contribution in [0.4, 0.5) is 0 Å². The first-order chi connectivity index (χ1) is 18.4. The van der Waals surface area contributed by atoms with Crippen LogP contribution in [0.15, 0.2) is 71.6 Å². The van der Waals surface area contributed by atoms with Crippen molar-refractivity contribution in [2.45, 2.75) is 76.5 Å². The van der Waals surface area contributed by atoms with Gasteiger partial charge >= 0.3 is 0 Å². The summed E-state index contributed by atoms with van der Waals surface area (Å²) in [5, 5.41) is 11.4. The highest BCUT2D eigenvalue weighted by atomic mass is 32.2. The van der Waals surface area contributed by atoms with Crippen LogP contribution in [0.5, 0.6) is 0 Å². The Hall–Kier alpha value is -2.98. The number of fused-ring (bicyclic) bond motifs is 1. The fourth-order valence-corrected chi connectivity index (χ4v) is 5.15. The molecule has 0 fully saturated rings. The Bertz CT molecular complexity index is 1290. The molecule has 0 radical (unpaired) electrons. The Balaban J connectivity index is 1.64. The smallest absolute Gasteiger partial charge is 0.242 e. The quantitative estimate of drug-likeness (QED) is 0.202. The Morgan fingerprint density at radius 1 is 1.00 bits per heavy atom. The highest BCUT2D eigenvalue weighted by molar-refractivity contribution is 7.89. The van der Waals surface area contributed by atoms with Crippen LogP contribution in [0, 0.1) is 6.92 Å². The minimum atomic E-state index is -1.63. The number of hydrogen-bond acceptors (Lipinski definition) is 5. The van der Waals surface area contributed by atoms with Gasteiger partial charge in [0, 0.05) is 18.5 Å². The topological polar surface area (TPSA) is 105 Å². The molecule has 0 aliphatic carbocycles. The molecular formula is C30H38N4O3S2. The van der Waals surface area contributed by atoms with Crippen LogP contribution in [-0.2, 0) is 27.5 Å². The van der Waals surface area contributed by atoms with E-state index in [1.165, 1.54) is 0 Å². The van der Waals surface area contributed by atoms with Crippen molar-refractivity contribution in [2.24, 2.45) is 0 Å². The first-order valence-corrected chi connectivity index (χ1v) is 14.6. The summed E-state index contributed by atoms with van der Waals surface area (Å²) in [5.74, 6) is -0.552. The molecule has 9 heteroatoms. The second-order valence-corrected chi connectivity index (χ2v) is 12.4. The first kappa shape index (κ1) is 30.6.